The van der Waals surface area contributed by atoms with Gasteiger partial charge in [0.2, 0.25) is 0 Å². The Labute approximate surface area is 185 Å². The zero-order valence-electron chi connectivity index (χ0n) is 14.0. The summed E-state index contributed by atoms with van der Waals surface area (Å²) in [6.07, 6.45) is 0. The summed E-state index contributed by atoms with van der Waals surface area (Å²) in [4.78, 5) is 0. The second-order valence-corrected chi connectivity index (χ2v) is 9.95. The molecule has 0 amide bonds. The van der Waals surface area contributed by atoms with Gasteiger partial charge in [0.15, 0.2) is 0 Å². The highest BCUT2D eigenvalue weighted by molar-refractivity contribution is 6.46. The highest BCUT2D eigenvalue weighted by atomic mass is 27.1. The average molecular weight is 386 g/mol. The number of nitrogens with zero attached hydrogens (tertiary/aromatic N) is 2. The van der Waals surface area contributed by atoms with Crippen LogP contribution in [0.25, 0.3) is 43.1 Å². The van der Waals surface area contributed by atoms with Crippen LogP contribution in [0, 0.1) is 0 Å². The highest BCUT2D eigenvalue weighted by Gasteiger charge is 2.15. The molecule has 0 atom stereocenters. The van der Waals surface area contributed by atoms with Crippen LogP contribution < -0.4 is 5.73 Å². The molecule has 0 N–H and O–H groups in total. The van der Waals surface area contributed by atoms with E-state index in [0.29, 0.717) is 0 Å². The number of hydrogen-bond acceptors (Lipinski definition) is 2. The van der Waals surface area contributed by atoms with Crippen molar-refractivity contribution in [3.8, 4) is 0 Å². The second kappa shape index (κ2) is 6.34. The van der Waals surface area contributed by atoms with Gasteiger partial charge < -0.3 is 5.73 Å². The molecule has 0 bridgehead atoms. The minimum absolute atomic E-state index is 1.19. The number of benzene rings is 5. The van der Waals surface area contributed by atoms with E-state index in [2.05, 4.69) is 127 Å². The van der Waals surface area contributed by atoms with Crippen LogP contribution >= 0.6 is 0 Å². The Bertz CT molecular complexity index is 1180. The van der Waals surface area contributed by atoms with Crippen molar-refractivity contribution in [2.24, 2.45) is 0 Å². The number of hydrogen-bond donors (Lipinski definition) is 0. The van der Waals surface area contributed by atoms with Crippen molar-refractivity contribution < 1.29 is 0 Å². The van der Waals surface area contributed by atoms with Crippen molar-refractivity contribution in [1.82, 2.24) is 0 Å². The van der Waals surface area contributed by atoms with Crippen molar-refractivity contribution in [3.63, 3.8) is 0 Å². The fourth-order valence-electron chi connectivity index (χ4n) is 4.13. The zero-order valence-corrected chi connectivity index (χ0v) is 18.6. The van der Waals surface area contributed by atoms with Crippen molar-refractivity contribution >= 4 is 121 Å². The molecule has 5 aromatic carbocycles. The summed E-state index contributed by atoms with van der Waals surface area (Å²) in [5.41, 5.74) is 2.38. The van der Waals surface area contributed by atoms with E-state index >= 15 is 0 Å². The lowest BCUT2D eigenvalue weighted by Crippen LogP contribution is -2.14. The molecule has 0 saturated carbocycles. The Hall–Kier alpha value is -0.870. The topological polar surface area (TPSA) is 6.48 Å². The maximum Gasteiger partial charge on any atom is 0.277 e. The summed E-state index contributed by atoms with van der Waals surface area (Å²) in [5.74, 6) is 0. The molecule has 0 unspecified atom stereocenters. The van der Waals surface area contributed by atoms with Gasteiger partial charge in [0.1, 0.15) is 0 Å². The summed E-state index contributed by atoms with van der Waals surface area (Å²) in [6, 6.07) is 22.2. The van der Waals surface area contributed by atoms with Crippen LogP contribution in [-0.2, 0) is 0 Å². The highest BCUT2D eigenvalue weighted by Crippen LogP contribution is 2.44. The van der Waals surface area contributed by atoms with Gasteiger partial charge in [0, 0.05) is 10.8 Å². The maximum absolute atomic E-state index is 2.74. The Balaban J connectivity index is 2.11. The molecule has 26 heavy (non-hydrogen) atoms. The smallest absolute Gasteiger partial charge is 0.277 e. The Morgan fingerprint density at radius 1 is 0.423 bits per heavy atom. The predicted octanol–water partition coefficient (Wildman–Crippen LogP) is 3.68. The van der Waals surface area contributed by atoms with Gasteiger partial charge in [0.25, 0.3) is 66.0 Å². The monoisotopic (exact) mass is 386 g/mol. The maximum atomic E-state index is 2.74. The standard InChI is InChI=1S/C20H10N2.4Al/c21-17-9-7-13-14-8-10-18(22)16-6-2-4-12(20(14)16)11-3-1-5-15(17)19(11)13;;;;/h1-10H;;;;. The summed E-state index contributed by atoms with van der Waals surface area (Å²) >= 11 is 10.9. The third kappa shape index (κ3) is 2.37. The zero-order chi connectivity index (χ0) is 18.0. The molecule has 0 heterocycles. The molecule has 0 aliphatic heterocycles. The molecule has 8 radical (unpaired) electrons. The number of rotatable bonds is 2. The molecule has 0 spiro atoms. The fraction of sp³-hybridized carbons (Fsp3) is 0. The van der Waals surface area contributed by atoms with Crippen LogP contribution in [-0.4, -0.2) is 66.0 Å². The third-order valence-electron chi connectivity index (χ3n) is 5.17. The number of fused-ring (bicyclic) bond motifs is 2. The molecule has 5 rings (SSSR count). The van der Waals surface area contributed by atoms with Crippen molar-refractivity contribution in [2.75, 3.05) is 5.73 Å². The summed E-state index contributed by atoms with van der Waals surface area (Å²) < 4.78 is 4.06. The van der Waals surface area contributed by atoms with Gasteiger partial charge in [-0.25, -0.2) is 0 Å². The Kier molecular flexibility index (Phi) is 4.20. The fourth-order valence-corrected chi connectivity index (χ4v) is 5.03. The van der Waals surface area contributed by atoms with Crippen molar-refractivity contribution in [3.05, 3.63) is 60.7 Å². The first kappa shape index (κ1) is 17.2. The Morgan fingerprint density at radius 2 is 0.769 bits per heavy atom. The quantitative estimate of drug-likeness (QED) is 0.260. The summed E-state index contributed by atoms with van der Waals surface area (Å²) in [5, 5.41) is 10.5. The van der Waals surface area contributed by atoms with E-state index in [1.807, 2.05) is 5.73 Å². The first-order chi connectivity index (χ1) is 12.6. The predicted molar refractivity (Wildman–Crippen MR) is 116 cm³/mol. The third-order valence-corrected chi connectivity index (χ3v) is 6.28. The van der Waals surface area contributed by atoms with Crippen LogP contribution in [0.5, 0.6) is 0 Å². The first-order valence-electron chi connectivity index (χ1n) is 8.29. The SMILES string of the molecule is [Al][N]([Al])c1ccc2c3ccc([N]([Al])[Al])c4cccc(c5cccc1c52)c43. The second-order valence-electron chi connectivity index (χ2n) is 6.54. The minimum Gasteiger partial charge on any atom is -0.586 e. The summed E-state index contributed by atoms with van der Waals surface area (Å²) in [7, 11) is 0. The molecule has 0 saturated heterocycles. The lowest BCUT2D eigenvalue weighted by Gasteiger charge is -2.25. The molecule has 0 aliphatic rings. The Morgan fingerprint density at radius 3 is 1.15 bits per heavy atom. The number of anilines is 2. The first-order valence-corrected chi connectivity index (χ1v) is 10.4. The van der Waals surface area contributed by atoms with E-state index in [9.17, 15) is 0 Å². The van der Waals surface area contributed by atoms with Gasteiger partial charge in [0.05, 0.1) is 0 Å². The molecule has 5 aromatic rings. The van der Waals surface area contributed by atoms with E-state index in [0.717, 1.165) is 0 Å². The van der Waals surface area contributed by atoms with Gasteiger partial charge in [-0.1, -0.05) is 48.5 Å². The molecular weight excluding hydrogens is 376 g/mol. The minimum atomic E-state index is 1.19. The molecule has 0 fully saturated rings. The van der Waals surface area contributed by atoms with E-state index in [4.69, 9.17) is 0 Å². The normalized spacial score (nSPS) is 11.7. The van der Waals surface area contributed by atoms with Crippen LogP contribution in [0.3, 0.4) is 0 Å². The average Bonchev–Trinajstić information content (AvgIpc) is 2.64. The summed E-state index contributed by atoms with van der Waals surface area (Å²) in [6.45, 7) is 0. The molecule has 2 nitrogen and oxygen atoms in total. The molecule has 6 heteroatoms. The van der Waals surface area contributed by atoms with Gasteiger partial charge >= 0.3 is 0 Å². The molecule has 0 aromatic heterocycles. The van der Waals surface area contributed by atoms with Crippen LogP contribution in [0.4, 0.5) is 11.4 Å². The van der Waals surface area contributed by atoms with Crippen LogP contribution in [0.15, 0.2) is 60.7 Å². The van der Waals surface area contributed by atoms with Crippen LogP contribution in [0.2, 0.25) is 0 Å². The lowest BCUT2D eigenvalue weighted by molar-refractivity contribution is 1.63. The molecule has 0 aliphatic carbocycles. The van der Waals surface area contributed by atoms with Gasteiger partial charge in [-0.3, -0.25) is 0 Å². The van der Waals surface area contributed by atoms with Crippen molar-refractivity contribution in [1.29, 1.82) is 0 Å². The van der Waals surface area contributed by atoms with E-state index in [-0.39, 0.29) is 0 Å². The van der Waals surface area contributed by atoms with E-state index < -0.39 is 0 Å². The molecular formula is C20H10Al4N2. The van der Waals surface area contributed by atoms with E-state index in [1.54, 1.807) is 0 Å². The molecule has 112 valence electrons. The van der Waals surface area contributed by atoms with Gasteiger partial charge in [-0.2, -0.15) is 0 Å². The van der Waals surface area contributed by atoms with E-state index in [1.165, 1.54) is 54.5 Å². The lowest BCUT2D eigenvalue weighted by atomic mass is 9.89. The van der Waals surface area contributed by atoms with Crippen LogP contribution in [0.1, 0.15) is 0 Å². The van der Waals surface area contributed by atoms with Gasteiger partial charge in [-0.05, 0) is 55.8 Å². The van der Waals surface area contributed by atoms with Gasteiger partial charge in [-0.15, -0.1) is 0 Å². The largest absolute Gasteiger partial charge is 0.586 e. The van der Waals surface area contributed by atoms with Crippen molar-refractivity contribution in [2.45, 2.75) is 0 Å².